The fraction of sp³-hybridized carbons (Fsp3) is 0.333. The number of para-hydroxylation sites is 1. The van der Waals surface area contributed by atoms with E-state index < -0.39 is 8.07 Å². The zero-order valence-electron chi connectivity index (χ0n) is 12.6. The molecule has 0 aliphatic carbocycles. The Hall–Kier alpha value is -1.54. The average molecular weight is 282 g/mol. The second-order valence-corrected chi connectivity index (χ2v) is 10.8. The molecule has 0 aliphatic heterocycles. The number of rotatable bonds is 4. The molecule has 1 aromatic heterocycles. The molecule has 0 spiro atoms. The van der Waals surface area contributed by atoms with Crippen LogP contribution in [0.25, 0.3) is 21.9 Å². The Morgan fingerprint density at radius 1 is 0.800 bits per heavy atom. The highest BCUT2D eigenvalue weighted by molar-refractivity contribution is 6.93. The van der Waals surface area contributed by atoms with Crippen LogP contribution in [0.4, 0.5) is 0 Å². The van der Waals surface area contributed by atoms with E-state index in [0.29, 0.717) is 0 Å². The van der Waals surface area contributed by atoms with Crippen molar-refractivity contribution in [3.05, 3.63) is 42.5 Å². The summed E-state index contributed by atoms with van der Waals surface area (Å²) in [7, 11) is -1.40. The van der Waals surface area contributed by atoms with Crippen molar-refractivity contribution < 1.29 is 4.42 Å². The first kappa shape index (κ1) is 13.4. The molecule has 0 bridgehead atoms. The van der Waals surface area contributed by atoms with Gasteiger partial charge in [0.1, 0.15) is 11.2 Å². The molecular formula is C18H22OSi. The van der Waals surface area contributed by atoms with Crippen LogP contribution in [0.5, 0.6) is 0 Å². The molecule has 0 amide bonds. The van der Waals surface area contributed by atoms with Crippen molar-refractivity contribution in [3.63, 3.8) is 0 Å². The zero-order valence-corrected chi connectivity index (χ0v) is 13.6. The van der Waals surface area contributed by atoms with Gasteiger partial charge in [0.2, 0.25) is 0 Å². The van der Waals surface area contributed by atoms with Crippen LogP contribution in [-0.4, -0.2) is 8.07 Å². The van der Waals surface area contributed by atoms with Crippen molar-refractivity contribution in [2.75, 3.05) is 0 Å². The summed E-state index contributed by atoms with van der Waals surface area (Å²) in [5.41, 5.74) is 2.07. The lowest BCUT2D eigenvalue weighted by atomic mass is 10.1. The molecule has 1 nitrogen and oxygen atoms in total. The molecule has 0 fully saturated rings. The normalized spacial score (nSPS) is 12.3. The van der Waals surface area contributed by atoms with Crippen molar-refractivity contribution in [2.45, 2.75) is 38.9 Å². The van der Waals surface area contributed by atoms with Crippen LogP contribution in [0.2, 0.25) is 18.1 Å². The molecule has 0 saturated carbocycles. The lowest BCUT2D eigenvalue weighted by Gasteiger charge is -2.29. The van der Waals surface area contributed by atoms with Crippen molar-refractivity contribution in [3.8, 4) is 0 Å². The van der Waals surface area contributed by atoms with Crippen LogP contribution in [0.15, 0.2) is 46.9 Å². The second-order valence-electron chi connectivity index (χ2n) is 5.62. The monoisotopic (exact) mass is 282 g/mol. The van der Waals surface area contributed by atoms with Crippen LogP contribution in [0.3, 0.4) is 0 Å². The molecule has 0 unspecified atom stereocenters. The SMILES string of the molecule is CC[Si](CC)(CC)c1cccc2oc3ccccc3c12. The Bertz CT molecular complexity index is 729. The lowest BCUT2D eigenvalue weighted by molar-refractivity contribution is 0.669. The van der Waals surface area contributed by atoms with Gasteiger partial charge < -0.3 is 4.42 Å². The fourth-order valence-corrected chi connectivity index (χ4v) is 7.42. The highest BCUT2D eigenvalue weighted by Crippen LogP contribution is 2.31. The van der Waals surface area contributed by atoms with Crippen molar-refractivity contribution in [1.82, 2.24) is 0 Å². The number of benzene rings is 2. The van der Waals surface area contributed by atoms with E-state index in [0.717, 1.165) is 11.2 Å². The molecule has 3 aromatic rings. The van der Waals surface area contributed by atoms with E-state index in [1.54, 1.807) is 5.19 Å². The van der Waals surface area contributed by atoms with Gasteiger partial charge in [-0.25, -0.2) is 0 Å². The van der Waals surface area contributed by atoms with Crippen molar-refractivity contribution in [1.29, 1.82) is 0 Å². The van der Waals surface area contributed by atoms with E-state index in [2.05, 4.69) is 63.2 Å². The maximum Gasteiger partial charge on any atom is 0.135 e. The van der Waals surface area contributed by atoms with Gasteiger partial charge in [-0.15, -0.1) is 0 Å². The van der Waals surface area contributed by atoms with E-state index in [9.17, 15) is 0 Å². The number of furan rings is 1. The first-order valence-corrected chi connectivity index (χ1v) is 10.3. The topological polar surface area (TPSA) is 13.1 Å². The summed E-state index contributed by atoms with van der Waals surface area (Å²) in [6.07, 6.45) is 0. The van der Waals surface area contributed by atoms with Crippen LogP contribution < -0.4 is 5.19 Å². The summed E-state index contributed by atoms with van der Waals surface area (Å²) < 4.78 is 6.04. The van der Waals surface area contributed by atoms with Gasteiger partial charge in [-0.1, -0.05) is 69.2 Å². The summed E-state index contributed by atoms with van der Waals surface area (Å²) in [6, 6.07) is 19.0. The summed E-state index contributed by atoms with van der Waals surface area (Å²) in [5, 5.41) is 4.25. The number of fused-ring (bicyclic) bond motifs is 3. The van der Waals surface area contributed by atoms with E-state index in [4.69, 9.17) is 4.42 Å². The Balaban J connectivity index is 2.41. The standard InChI is InChI=1S/C18H22OSi/c1-4-20(5-2,6-3)17-13-9-12-16-18(17)14-10-7-8-11-15(14)19-16/h7-13H,4-6H2,1-3H3. The third-order valence-electron chi connectivity index (χ3n) is 5.00. The summed E-state index contributed by atoms with van der Waals surface area (Å²) in [4.78, 5) is 0. The quantitative estimate of drug-likeness (QED) is 0.592. The van der Waals surface area contributed by atoms with Gasteiger partial charge in [0, 0.05) is 10.8 Å². The summed E-state index contributed by atoms with van der Waals surface area (Å²) >= 11 is 0. The van der Waals surface area contributed by atoms with Crippen LogP contribution in [-0.2, 0) is 0 Å². The first-order valence-electron chi connectivity index (χ1n) is 7.66. The van der Waals surface area contributed by atoms with Gasteiger partial charge in [0.15, 0.2) is 0 Å². The minimum absolute atomic E-state index is 1.01. The number of hydrogen-bond acceptors (Lipinski definition) is 1. The average Bonchev–Trinajstić information content (AvgIpc) is 2.88. The van der Waals surface area contributed by atoms with Gasteiger partial charge in [-0.2, -0.15) is 0 Å². The highest BCUT2D eigenvalue weighted by atomic mass is 28.3. The van der Waals surface area contributed by atoms with Gasteiger partial charge in [-0.3, -0.25) is 0 Å². The number of hydrogen-bond donors (Lipinski definition) is 0. The van der Waals surface area contributed by atoms with Gasteiger partial charge in [0.05, 0.1) is 8.07 Å². The van der Waals surface area contributed by atoms with Crippen LogP contribution >= 0.6 is 0 Å². The molecule has 104 valence electrons. The van der Waals surface area contributed by atoms with Crippen LogP contribution in [0, 0.1) is 0 Å². The van der Waals surface area contributed by atoms with Gasteiger partial charge >= 0.3 is 0 Å². The molecule has 0 radical (unpaired) electrons. The van der Waals surface area contributed by atoms with Crippen molar-refractivity contribution in [2.24, 2.45) is 0 Å². The predicted molar refractivity (Wildman–Crippen MR) is 90.6 cm³/mol. The predicted octanol–water partition coefficient (Wildman–Crippen LogP) is 5.30. The minimum atomic E-state index is -1.40. The van der Waals surface area contributed by atoms with Gasteiger partial charge in [-0.05, 0) is 17.3 Å². The molecule has 0 aliphatic rings. The molecule has 0 atom stereocenters. The van der Waals surface area contributed by atoms with E-state index in [-0.39, 0.29) is 0 Å². The molecule has 2 heteroatoms. The lowest BCUT2D eigenvalue weighted by Crippen LogP contribution is -2.46. The first-order chi connectivity index (χ1) is 9.75. The Labute approximate surface area is 121 Å². The minimum Gasteiger partial charge on any atom is -0.456 e. The zero-order chi connectivity index (χ0) is 14.2. The molecule has 0 saturated heterocycles. The fourth-order valence-electron chi connectivity index (χ4n) is 3.54. The molecular weight excluding hydrogens is 260 g/mol. The van der Waals surface area contributed by atoms with E-state index in [1.165, 1.54) is 28.9 Å². The second kappa shape index (κ2) is 5.10. The molecule has 20 heavy (non-hydrogen) atoms. The van der Waals surface area contributed by atoms with Crippen molar-refractivity contribution >= 4 is 35.2 Å². The third kappa shape index (κ3) is 1.82. The highest BCUT2D eigenvalue weighted by Gasteiger charge is 2.31. The van der Waals surface area contributed by atoms with E-state index in [1.807, 2.05) is 0 Å². The smallest absolute Gasteiger partial charge is 0.135 e. The van der Waals surface area contributed by atoms with E-state index >= 15 is 0 Å². The Morgan fingerprint density at radius 3 is 2.15 bits per heavy atom. The Morgan fingerprint density at radius 2 is 1.45 bits per heavy atom. The van der Waals surface area contributed by atoms with Crippen LogP contribution in [0.1, 0.15) is 20.8 Å². The summed E-state index contributed by atoms with van der Waals surface area (Å²) in [6.45, 7) is 7.08. The Kier molecular flexibility index (Phi) is 3.43. The van der Waals surface area contributed by atoms with Gasteiger partial charge in [0.25, 0.3) is 0 Å². The summed E-state index contributed by atoms with van der Waals surface area (Å²) in [5.74, 6) is 0. The maximum atomic E-state index is 6.04. The third-order valence-corrected chi connectivity index (χ3v) is 10.6. The maximum absolute atomic E-state index is 6.04. The molecule has 2 aromatic carbocycles. The largest absolute Gasteiger partial charge is 0.456 e. The molecule has 1 heterocycles. The molecule has 3 rings (SSSR count). The molecule has 0 N–H and O–H groups in total.